The predicted octanol–water partition coefficient (Wildman–Crippen LogP) is 13.2. The summed E-state index contributed by atoms with van der Waals surface area (Å²) in [6.45, 7) is 0. The molecule has 9 aromatic carbocycles. The van der Waals surface area contributed by atoms with E-state index in [0.717, 1.165) is 0 Å². The molecular weight excluding hydrogens is 569 g/mol. The summed E-state index contributed by atoms with van der Waals surface area (Å²) in [5, 5.41) is -6.12. The van der Waals surface area contributed by atoms with Crippen LogP contribution in [0.2, 0.25) is 0 Å². The maximum atomic E-state index is 9.71. The Morgan fingerprint density at radius 2 is 0.809 bits per heavy atom. The van der Waals surface area contributed by atoms with Gasteiger partial charge in [-0.1, -0.05) is 157 Å². The molecule has 0 unspecified atom stereocenters. The Hall–Kier alpha value is -6.18. The predicted molar refractivity (Wildman–Crippen MR) is 200 cm³/mol. The van der Waals surface area contributed by atoms with Gasteiger partial charge in [0.25, 0.3) is 0 Å². The molecule has 1 heteroatoms. The second kappa shape index (κ2) is 10.2. The summed E-state index contributed by atoms with van der Waals surface area (Å²) >= 11 is 0. The van der Waals surface area contributed by atoms with Gasteiger partial charge < -0.3 is 4.42 Å². The Balaban J connectivity index is 1.47. The van der Waals surface area contributed by atoms with E-state index in [1.54, 1.807) is 0 Å². The highest BCUT2D eigenvalue weighted by Gasteiger charge is 2.19. The Morgan fingerprint density at radius 1 is 0.319 bits per heavy atom. The Bertz CT molecular complexity index is 4330. The van der Waals surface area contributed by atoms with Crippen LogP contribution in [0.15, 0.2) is 174 Å². The topological polar surface area (TPSA) is 13.1 Å². The first-order valence-electron chi connectivity index (χ1n) is 27.9. The highest BCUT2D eigenvalue weighted by Crippen LogP contribution is 2.46. The van der Waals surface area contributed by atoms with Crippen LogP contribution in [0, 0.1) is 0 Å². The van der Waals surface area contributed by atoms with E-state index in [1.165, 1.54) is 0 Å². The van der Waals surface area contributed by atoms with Crippen molar-refractivity contribution in [1.82, 2.24) is 0 Å². The fraction of sp³-hybridized carbons (Fsp3) is 0. The quantitative estimate of drug-likeness (QED) is 0.178. The zero-order valence-corrected chi connectivity index (χ0v) is 23.4. The smallest absolute Gasteiger partial charge is 0.136 e. The van der Waals surface area contributed by atoms with Crippen LogP contribution in [-0.4, -0.2) is 0 Å². The number of fused-ring (bicyclic) bond motifs is 8. The largest absolute Gasteiger partial charge is 0.456 e. The van der Waals surface area contributed by atoms with Gasteiger partial charge in [-0.2, -0.15) is 0 Å². The van der Waals surface area contributed by atoms with Crippen molar-refractivity contribution in [1.29, 1.82) is 0 Å². The van der Waals surface area contributed by atoms with Crippen LogP contribution in [-0.2, 0) is 0 Å². The van der Waals surface area contributed by atoms with Crippen molar-refractivity contribution in [2.75, 3.05) is 0 Å². The van der Waals surface area contributed by atoms with Gasteiger partial charge in [0.1, 0.15) is 11.2 Å². The second-order valence-corrected chi connectivity index (χ2v) is 10.3. The molecule has 0 spiro atoms. The lowest BCUT2D eigenvalue weighted by molar-refractivity contribution is 0.669. The third-order valence-corrected chi connectivity index (χ3v) is 7.82. The van der Waals surface area contributed by atoms with Gasteiger partial charge in [-0.3, -0.25) is 0 Å². The van der Waals surface area contributed by atoms with E-state index >= 15 is 0 Å². The lowest BCUT2D eigenvalue weighted by atomic mass is 9.84. The summed E-state index contributed by atoms with van der Waals surface area (Å²) in [6, 6.07) is -26.0. The highest BCUT2D eigenvalue weighted by atomic mass is 16.3. The van der Waals surface area contributed by atoms with Crippen molar-refractivity contribution in [3.8, 4) is 33.4 Å². The number of rotatable bonds is 3. The Kier molecular flexibility index (Phi) is 2.31. The number of furan rings is 1. The molecule has 0 saturated heterocycles. The summed E-state index contributed by atoms with van der Waals surface area (Å²) in [4.78, 5) is 0. The number of benzene rings is 9. The molecule has 0 saturated carbocycles. The molecule has 0 radical (unpaired) electrons. The molecule has 1 heterocycles. The molecule has 1 nitrogen and oxygen atoms in total. The standard InChI is InChI=1S/C46H28O/c1-3-14-33-29(11-1)13-9-21-36(33)44-39-18-7-5-16-37(39)43(38-17-6-8-19-40(38)44)32-25-23-31(24-26-32)35-20-10-22-41-45(35)46-34-15-4-2-12-30(34)27-28-42(46)47-41/h1-28H/i1D,2D,3D,4D,5D,6D,7D,8D,9D,10D,11D,12D,13D,14D,15D,16D,17D,18D,19D,20D,21D,22D,23D,24D,25D,26D,27D,28D. The molecule has 218 valence electrons. The SMILES string of the molecule is [2H]c1c([2H])c(-c2c([2H])c([2H])c([2H])c3oc4c([2H])c([2H])c5c([2H])c([2H])c([2H])c([2H])c5c4c23)c([2H])c([2H])c1-c1c2c([2H])c([2H])c([2H])c([2H])c2c(-c2c([2H])c([2H])c([2H])c3c([2H])c([2H])c([2H])c([2H])c23)c2c([2H])c([2H])c([2H])c([2H])c12. The van der Waals surface area contributed by atoms with Crippen molar-refractivity contribution < 1.29 is 42.8 Å². The van der Waals surface area contributed by atoms with Crippen molar-refractivity contribution in [2.45, 2.75) is 0 Å². The molecule has 0 atom stereocenters. The maximum Gasteiger partial charge on any atom is 0.136 e. The van der Waals surface area contributed by atoms with Crippen LogP contribution >= 0.6 is 0 Å². The zero-order valence-electron chi connectivity index (χ0n) is 51.4. The number of hydrogen-bond acceptors (Lipinski definition) is 1. The van der Waals surface area contributed by atoms with E-state index in [2.05, 4.69) is 0 Å². The molecule has 47 heavy (non-hydrogen) atoms. The molecule has 0 aliphatic rings. The summed E-state index contributed by atoms with van der Waals surface area (Å²) in [7, 11) is 0. The van der Waals surface area contributed by atoms with Crippen LogP contribution in [0.4, 0.5) is 0 Å². The van der Waals surface area contributed by atoms with Crippen molar-refractivity contribution in [3.05, 3.63) is 169 Å². The number of hydrogen-bond donors (Lipinski definition) is 0. The molecule has 0 amide bonds. The Labute approximate surface area is 311 Å². The summed E-state index contributed by atoms with van der Waals surface area (Å²) in [6.07, 6.45) is 0. The maximum absolute atomic E-state index is 9.71. The van der Waals surface area contributed by atoms with Crippen LogP contribution in [0.25, 0.3) is 98.4 Å². The van der Waals surface area contributed by atoms with E-state index < -0.39 is 268 Å². The van der Waals surface area contributed by atoms with Gasteiger partial charge in [-0.15, -0.1) is 0 Å². The minimum Gasteiger partial charge on any atom is -0.456 e. The Morgan fingerprint density at radius 3 is 1.51 bits per heavy atom. The second-order valence-electron chi connectivity index (χ2n) is 10.3. The first-order valence-corrected chi connectivity index (χ1v) is 13.9. The molecular formula is C46H28O. The molecule has 1 aromatic heterocycles. The lowest BCUT2D eigenvalue weighted by Crippen LogP contribution is -1.91. The van der Waals surface area contributed by atoms with Gasteiger partial charge in [-0.25, -0.2) is 0 Å². The lowest BCUT2D eigenvalue weighted by Gasteiger charge is -2.19. The van der Waals surface area contributed by atoms with Gasteiger partial charge in [-0.05, 0) is 88.6 Å². The van der Waals surface area contributed by atoms with E-state index in [4.69, 9.17) is 29.1 Å². The van der Waals surface area contributed by atoms with E-state index in [1.807, 2.05) is 0 Å². The van der Waals surface area contributed by atoms with Crippen molar-refractivity contribution in [2.24, 2.45) is 0 Å². The molecule has 0 aliphatic heterocycles. The first-order chi connectivity index (χ1) is 35.0. The molecule has 0 bridgehead atoms. The van der Waals surface area contributed by atoms with Gasteiger partial charge in [0, 0.05) is 10.8 Å². The van der Waals surface area contributed by atoms with Crippen molar-refractivity contribution in [3.63, 3.8) is 0 Å². The van der Waals surface area contributed by atoms with Crippen LogP contribution < -0.4 is 0 Å². The molecule has 10 rings (SSSR count). The fourth-order valence-electron chi connectivity index (χ4n) is 5.89. The molecule has 10 aromatic rings. The average molecular weight is 625 g/mol. The van der Waals surface area contributed by atoms with Crippen LogP contribution in [0.5, 0.6) is 0 Å². The summed E-state index contributed by atoms with van der Waals surface area (Å²) in [5.74, 6) is 0. The zero-order chi connectivity index (χ0) is 55.3. The van der Waals surface area contributed by atoms with E-state index in [9.17, 15) is 13.7 Å². The third kappa shape index (κ3) is 3.90. The van der Waals surface area contributed by atoms with Gasteiger partial charge in [0.15, 0.2) is 0 Å². The van der Waals surface area contributed by atoms with Crippen LogP contribution in [0.1, 0.15) is 38.4 Å². The molecule has 0 fully saturated rings. The monoisotopic (exact) mass is 624 g/mol. The van der Waals surface area contributed by atoms with E-state index in [0.29, 0.717) is 0 Å². The molecule has 0 aliphatic carbocycles. The summed E-state index contributed by atoms with van der Waals surface area (Å²) < 4.78 is 258. The highest BCUT2D eigenvalue weighted by molar-refractivity contribution is 6.24. The van der Waals surface area contributed by atoms with Gasteiger partial charge in [0.2, 0.25) is 0 Å². The van der Waals surface area contributed by atoms with Crippen LogP contribution in [0.3, 0.4) is 0 Å². The summed E-state index contributed by atoms with van der Waals surface area (Å²) in [5.41, 5.74) is -5.77. The van der Waals surface area contributed by atoms with Crippen molar-refractivity contribution >= 4 is 65.0 Å². The first kappa shape index (κ1) is 10.7. The average Bonchev–Trinajstić information content (AvgIpc) is 3.78. The van der Waals surface area contributed by atoms with Gasteiger partial charge >= 0.3 is 0 Å². The minimum absolute atomic E-state index is 0.411. The van der Waals surface area contributed by atoms with Gasteiger partial charge in [0.05, 0.1) is 38.4 Å². The van der Waals surface area contributed by atoms with E-state index in [-0.39, 0.29) is 0 Å². The fourth-order valence-corrected chi connectivity index (χ4v) is 5.89. The normalized spacial score (nSPS) is 20.2. The minimum atomic E-state index is -1.11. The third-order valence-electron chi connectivity index (χ3n) is 7.82. The molecule has 0 N–H and O–H groups in total.